The number of methoxy groups -OCH3 is 1. The molecule has 2 aromatic carbocycles. The lowest BCUT2D eigenvalue weighted by Crippen LogP contribution is -2.49. The number of nitrogens with zero attached hydrogens (tertiary/aromatic N) is 1. The van der Waals surface area contributed by atoms with Crippen LogP contribution in [0.5, 0.6) is 5.75 Å². The van der Waals surface area contributed by atoms with Crippen LogP contribution in [0.25, 0.3) is 10.8 Å². The molecule has 3 nitrogen and oxygen atoms in total. The Kier molecular flexibility index (Phi) is 4.46. The third-order valence-corrected chi connectivity index (χ3v) is 4.21. The highest BCUT2D eigenvalue weighted by molar-refractivity contribution is 5.84. The van der Waals surface area contributed by atoms with Crippen molar-refractivity contribution in [3.8, 4) is 5.75 Å². The normalized spacial score (nSPS) is 18.1. The number of hydrogen-bond donors (Lipinski definition) is 1. The number of rotatable bonds is 3. The van der Waals surface area contributed by atoms with Crippen molar-refractivity contribution >= 4 is 10.8 Å². The first kappa shape index (κ1) is 16.1. The van der Waals surface area contributed by atoms with Gasteiger partial charge in [-0.05, 0) is 34.5 Å². The zero-order chi connectivity index (χ0) is 16.4. The summed E-state index contributed by atoms with van der Waals surface area (Å²) in [7, 11) is 1.57. The van der Waals surface area contributed by atoms with E-state index < -0.39 is 12.2 Å². The topological polar surface area (TPSA) is 24.5 Å². The van der Waals surface area contributed by atoms with Crippen molar-refractivity contribution in [2.75, 3.05) is 33.3 Å². The lowest BCUT2D eigenvalue weighted by atomic mass is 9.99. The second-order valence-corrected chi connectivity index (χ2v) is 5.70. The summed E-state index contributed by atoms with van der Waals surface area (Å²) >= 11 is 0. The molecule has 1 fully saturated rings. The van der Waals surface area contributed by atoms with Crippen LogP contribution in [-0.2, 0) is 0 Å². The number of ether oxygens (including phenoxy) is 1. The number of piperazine rings is 1. The van der Waals surface area contributed by atoms with Gasteiger partial charge in [-0.15, -0.1) is 0 Å². The van der Waals surface area contributed by atoms with Crippen LogP contribution in [0.1, 0.15) is 11.6 Å². The fraction of sp³-hybridized carbons (Fsp3) is 0.412. The minimum atomic E-state index is -4.29. The molecule has 1 aliphatic heterocycles. The summed E-state index contributed by atoms with van der Waals surface area (Å²) in [6.07, 6.45) is -4.29. The molecule has 1 heterocycles. The van der Waals surface area contributed by atoms with E-state index in [1.807, 2.05) is 6.07 Å². The Bertz CT molecular complexity index is 681. The van der Waals surface area contributed by atoms with Gasteiger partial charge in [0.1, 0.15) is 11.8 Å². The van der Waals surface area contributed by atoms with Crippen LogP contribution in [0.15, 0.2) is 36.4 Å². The van der Waals surface area contributed by atoms with Crippen molar-refractivity contribution in [1.82, 2.24) is 10.2 Å². The van der Waals surface area contributed by atoms with E-state index in [2.05, 4.69) is 5.32 Å². The number of halogens is 3. The molecule has 0 bridgehead atoms. The molecule has 0 amide bonds. The van der Waals surface area contributed by atoms with E-state index in [1.54, 1.807) is 37.4 Å². The number of fused-ring (bicyclic) bond motifs is 1. The van der Waals surface area contributed by atoms with Crippen LogP contribution < -0.4 is 10.1 Å². The molecule has 23 heavy (non-hydrogen) atoms. The lowest BCUT2D eigenvalue weighted by Gasteiger charge is -2.36. The smallest absolute Gasteiger partial charge is 0.408 e. The van der Waals surface area contributed by atoms with Gasteiger partial charge in [0.2, 0.25) is 0 Å². The molecule has 6 heteroatoms. The molecule has 0 aliphatic carbocycles. The first-order chi connectivity index (χ1) is 11.0. The average molecular weight is 324 g/mol. The van der Waals surface area contributed by atoms with Crippen molar-refractivity contribution in [3.63, 3.8) is 0 Å². The third kappa shape index (κ3) is 3.43. The van der Waals surface area contributed by atoms with E-state index in [-0.39, 0.29) is 5.56 Å². The molecule has 124 valence electrons. The SMILES string of the molecule is COc1ccc2cc([C@H](N3CCNCC3)C(F)(F)F)ccc2c1. The van der Waals surface area contributed by atoms with E-state index >= 15 is 0 Å². The average Bonchev–Trinajstić information content (AvgIpc) is 2.54. The predicted molar refractivity (Wildman–Crippen MR) is 83.7 cm³/mol. The molecule has 1 saturated heterocycles. The van der Waals surface area contributed by atoms with Crippen LogP contribution in [0.2, 0.25) is 0 Å². The summed E-state index contributed by atoms with van der Waals surface area (Å²) in [4.78, 5) is 1.50. The third-order valence-electron chi connectivity index (χ3n) is 4.21. The van der Waals surface area contributed by atoms with E-state index in [0.717, 1.165) is 10.8 Å². The van der Waals surface area contributed by atoms with Crippen LogP contribution >= 0.6 is 0 Å². The van der Waals surface area contributed by atoms with Crippen LogP contribution in [0, 0.1) is 0 Å². The first-order valence-corrected chi connectivity index (χ1v) is 7.58. The number of nitrogens with one attached hydrogen (secondary N) is 1. The Hall–Kier alpha value is -1.79. The zero-order valence-corrected chi connectivity index (χ0v) is 12.9. The minimum absolute atomic E-state index is 0.289. The van der Waals surface area contributed by atoms with Gasteiger partial charge < -0.3 is 10.1 Å². The van der Waals surface area contributed by atoms with E-state index in [0.29, 0.717) is 31.9 Å². The Balaban J connectivity index is 2.00. The summed E-state index contributed by atoms with van der Waals surface area (Å²) in [5, 5.41) is 4.75. The molecule has 0 radical (unpaired) electrons. The largest absolute Gasteiger partial charge is 0.497 e. The fourth-order valence-corrected chi connectivity index (χ4v) is 3.09. The van der Waals surface area contributed by atoms with Crippen molar-refractivity contribution in [2.45, 2.75) is 12.2 Å². The van der Waals surface area contributed by atoms with Gasteiger partial charge in [-0.25, -0.2) is 0 Å². The van der Waals surface area contributed by atoms with Crippen molar-refractivity contribution < 1.29 is 17.9 Å². The van der Waals surface area contributed by atoms with Crippen LogP contribution in [-0.4, -0.2) is 44.4 Å². The van der Waals surface area contributed by atoms with E-state index in [4.69, 9.17) is 4.74 Å². The predicted octanol–water partition coefficient (Wildman–Crippen LogP) is 3.36. The molecule has 0 unspecified atom stereocenters. The van der Waals surface area contributed by atoms with Gasteiger partial charge >= 0.3 is 6.18 Å². The molecule has 1 N–H and O–H groups in total. The van der Waals surface area contributed by atoms with Gasteiger partial charge in [0.15, 0.2) is 0 Å². The number of benzene rings is 2. The maximum absolute atomic E-state index is 13.6. The number of alkyl halides is 3. The molecule has 0 spiro atoms. The molecule has 1 atom stereocenters. The summed E-state index contributed by atoms with van der Waals surface area (Å²) in [5.74, 6) is 0.694. The Morgan fingerprint density at radius 2 is 1.70 bits per heavy atom. The van der Waals surface area contributed by atoms with Gasteiger partial charge in [0, 0.05) is 26.2 Å². The van der Waals surface area contributed by atoms with Crippen molar-refractivity contribution in [3.05, 3.63) is 42.0 Å². The monoisotopic (exact) mass is 324 g/mol. The van der Waals surface area contributed by atoms with Gasteiger partial charge in [-0.2, -0.15) is 13.2 Å². The minimum Gasteiger partial charge on any atom is -0.497 e. The van der Waals surface area contributed by atoms with Crippen molar-refractivity contribution in [2.24, 2.45) is 0 Å². The number of hydrogen-bond acceptors (Lipinski definition) is 3. The van der Waals surface area contributed by atoms with Crippen LogP contribution in [0.3, 0.4) is 0 Å². The Morgan fingerprint density at radius 1 is 1.04 bits per heavy atom. The maximum atomic E-state index is 13.6. The Labute approximate surface area is 133 Å². The highest BCUT2D eigenvalue weighted by Gasteiger charge is 2.44. The standard InChI is InChI=1S/C17H19F3N2O/c1-23-15-5-4-12-10-14(3-2-13(12)11-15)16(17(18,19)20)22-8-6-21-7-9-22/h2-5,10-11,16,21H,6-9H2,1H3/t16-/m0/s1. The van der Waals surface area contributed by atoms with Crippen molar-refractivity contribution in [1.29, 1.82) is 0 Å². The summed E-state index contributed by atoms with van der Waals surface area (Å²) in [5.41, 5.74) is 0.289. The lowest BCUT2D eigenvalue weighted by molar-refractivity contribution is -0.187. The molecule has 1 aliphatic rings. The quantitative estimate of drug-likeness (QED) is 0.937. The molecule has 3 rings (SSSR count). The molecule has 0 aromatic heterocycles. The second-order valence-electron chi connectivity index (χ2n) is 5.70. The first-order valence-electron chi connectivity index (χ1n) is 7.58. The van der Waals surface area contributed by atoms with Crippen LogP contribution in [0.4, 0.5) is 13.2 Å². The van der Waals surface area contributed by atoms with E-state index in [9.17, 15) is 13.2 Å². The Morgan fingerprint density at radius 3 is 2.35 bits per heavy atom. The van der Waals surface area contributed by atoms with Gasteiger partial charge in [0.05, 0.1) is 7.11 Å². The molecule has 2 aromatic rings. The summed E-state index contributed by atoms with van der Waals surface area (Å²) in [6, 6.07) is 8.76. The molecular weight excluding hydrogens is 305 g/mol. The molecule has 0 saturated carbocycles. The molecular formula is C17H19F3N2O. The highest BCUT2D eigenvalue weighted by atomic mass is 19.4. The zero-order valence-electron chi connectivity index (χ0n) is 12.9. The van der Waals surface area contributed by atoms with Gasteiger partial charge in [-0.3, -0.25) is 4.90 Å². The highest BCUT2D eigenvalue weighted by Crippen LogP contribution is 2.39. The van der Waals surface area contributed by atoms with Gasteiger partial charge in [0.25, 0.3) is 0 Å². The van der Waals surface area contributed by atoms with E-state index in [1.165, 1.54) is 4.90 Å². The second kappa shape index (κ2) is 6.37. The fourth-order valence-electron chi connectivity index (χ4n) is 3.09. The van der Waals surface area contributed by atoms with Gasteiger partial charge in [-0.1, -0.05) is 18.2 Å². The summed E-state index contributed by atoms with van der Waals surface area (Å²) < 4.78 is 46.0. The summed E-state index contributed by atoms with van der Waals surface area (Å²) in [6.45, 7) is 1.95. The maximum Gasteiger partial charge on any atom is 0.408 e.